The standard InChI is InChI=1S/C17H27Cl2N5O/c1-20-17(23-11-13-10-14(18)15(19)24(13)2)22-9-8-21-16(25)12-6-4-3-5-7-12/h10,12H,3-9,11H2,1-2H3,(H,21,25)(H2,20,22,23). The Hall–Kier alpha value is -1.40. The molecule has 0 aromatic carbocycles. The molecule has 6 nitrogen and oxygen atoms in total. The van der Waals surface area contributed by atoms with Gasteiger partial charge in [-0.25, -0.2) is 0 Å². The number of nitrogens with one attached hydrogen (secondary N) is 3. The quantitative estimate of drug-likeness (QED) is 0.399. The van der Waals surface area contributed by atoms with Gasteiger partial charge in [0.25, 0.3) is 0 Å². The molecule has 2 rings (SSSR count). The van der Waals surface area contributed by atoms with Crippen molar-refractivity contribution in [3.8, 4) is 0 Å². The third-order valence-corrected chi connectivity index (χ3v) is 5.41. The molecule has 1 aromatic heterocycles. The molecular formula is C17H27Cl2N5O. The molecular weight excluding hydrogens is 361 g/mol. The number of aromatic nitrogens is 1. The number of carbonyl (C=O) groups is 1. The Balaban J connectivity index is 1.68. The Kier molecular flexibility index (Phi) is 7.90. The number of hydrogen-bond donors (Lipinski definition) is 3. The number of carbonyl (C=O) groups excluding carboxylic acids is 1. The molecule has 1 aromatic rings. The van der Waals surface area contributed by atoms with E-state index in [1.165, 1.54) is 19.3 Å². The smallest absolute Gasteiger partial charge is 0.223 e. The number of aliphatic imine (C=N–C) groups is 1. The lowest BCUT2D eigenvalue weighted by molar-refractivity contribution is -0.125. The molecule has 1 heterocycles. The molecule has 1 aliphatic carbocycles. The number of guanidine groups is 1. The summed E-state index contributed by atoms with van der Waals surface area (Å²) in [5.74, 6) is 1.04. The van der Waals surface area contributed by atoms with Crippen LogP contribution in [0.5, 0.6) is 0 Å². The summed E-state index contributed by atoms with van der Waals surface area (Å²) in [7, 11) is 3.57. The summed E-state index contributed by atoms with van der Waals surface area (Å²) < 4.78 is 1.83. The normalized spacial score (nSPS) is 15.9. The van der Waals surface area contributed by atoms with Crippen LogP contribution in [0.2, 0.25) is 10.2 Å². The molecule has 0 unspecified atom stereocenters. The highest BCUT2D eigenvalue weighted by molar-refractivity contribution is 6.41. The van der Waals surface area contributed by atoms with Gasteiger partial charge in [-0.15, -0.1) is 0 Å². The lowest BCUT2D eigenvalue weighted by Crippen LogP contribution is -2.42. The fourth-order valence-corrected chi connectivity index (χ4v) is 3.45. The average molecular weight is 388 g/mol. The lowest BCUT2D eigenvalue weighted by Gasteiger charge is -2.21. The lowest BCUT2D eigenvalue weighted by atomic mass is 9.89. The maximum Gasteiger partial charge on any atom is 0.223 e. The van der Waals surface area contributed by atoms with Crippen molar-refractivity contribution in [3.05, 3.63) is 21.9 Å². The van der Waals surface area contributed by atoms with Crippen molar-refractivity contribution in [2.45, 2.75) is 38.6 Å². The second-order valence-electron chi connectivity index (χ2n) is 6.31. The Labute approximate surface area is 159 Å². The minimum atomic E-state index is 0.178. The molecule has 0 aliphatic heterocycles. The number of halogens is 2. The van der Waals surface area contributed by atoms with Gasteiger partial charge in [-0.3, -0.25) is 9.79 Å². The van der Waals surface area contributed by atoms with E-state index in [2.05, 4.69) is 20.9 Å². The Morgan fingerprint density at radius 2 is 1.88 bits per heavy atom. The summed E-state index contributed by atoms with van der Waals surface area (Å²) in [4.78, 5) is 16.3. The van der Waals surface area contributed by atoms with Crippen LogP contribution in [-0.2, 0) is 18.4 Å². The highest BCUT2D eigenvalue weighted by atomic mass is 35.5. The molecule has 0 atom stereocenters. The van der Waals surface area contributed by atoms with Crippen LogP contribution in [0.4, 0.5) is 0 Å². The van der Waals surface area contributed by atoms with E-state index in [-0.39, 0.29) is 11.8 Å². The second kappa shape index (κ2) is 9.92. The molecule has 3 N–H and O–H groups in total. The van der Waals surface area contributed by atoms with Crippen molar-refractivity contribution in [1.29, 1.82) is 0 Å². The van der Waals surface area contributed by atoms with Gasteiger partial charge in [0.15, 0.2) is 5.96 Å². The molecule has 140 valence electrons. The van der Waals surface area contributed by atoms with Gasteiger partial charge < -0.3 is 20.5 Å². The van der Waals surface area contributed by atoms with Gasteiger partial charge in [0.2, 0.25) is 5.91 Å². The van der Waals surface area contributed by atoms with Gasteiger partial charge in [0.1, 0.15) is 5.15 Å². The topological polar surface area (TPSA) is 70.4 Å². The van der Waals surface area contributed by atoms with Gasteiger partial charge in [-0.1, -0.05) is 42.5 Å². The largest absolute Gasteiger partial charge is 0.355 e. The van der Waals surface area contributed by atoms with Crippen LogP contribution in [-0.4, -0.2) is 36.6 Å². The summed E-state index contributed by atoms with van der Waals surface area (Å²) in [6.45, 7) is 1.75. The first-order chi connectivity index (χ1) is 12.0. The maximum atomic E-state index is 12.1. The van der Waals surface area contributed by atoms with Crippen molar-refractivity contribution in [2.75, 3.05) is 20.1 Å². The fourth-order valence-electron chi connectivity index (χ4n) is 3.03. The van der Waals surface area contributed by atoms with Crippen molar-refractivity contribution >= 4 is 35.1 Å². The molecule has 1 aliphatic rings. The maximum absolute atomic E-state index is 12.1. The number of hydrogen-bond acceptors (Lipinski definition) is 2. The Morgan fingerprint density at radius 1 is 1.20 bits per heavy atom. The number of amides is 1. The number of rotatable bonds is 6. The van der Waals surface area contributed by atoms with Crippen LogP contribution in [0.1, 0.15) is 37.8 Å². The SMILES string of the molecule is CN=C(NCCNC(=O)C1CCCCC1)NCc1cc(Cl)c(Cl)n1C. The Morgan fingerprint density at radius 3 is 2.48 bits per heavy atom. The third kappa shape index (κ3) is 5.82. The van der Waals surface area contributed by atoms with Crippen molar-refractivity contribution in [1.82, 2.24) is 20.5 Å². The molecule has 0 spiro atoms. The van der Waals surface area contributed by atoms with E-state index in [0.29, 0.717) is 35.8 Å². The molecule has 8 heteroatoms. The highest BCUT2D eigenvalue weighted by Gasteiger charge is 2.20. The van der Waals surface area contributed by atoms with E-state index in [1.807, 2.05) is 17.7 Å². The molecule has 0 bridgehead atoms. The molecule has 1 amide bonds. The van der Waals surface area contributed by atoms with Crippen molar-refractivity contribution < 1.29 is 4.79 Å². The van der Waals surface area contributed by atoms with Crippen LogP contribution >= 0.6 is 23.2 Å². The predicted molar refractivity (Wildman–Crippen MR) is 103 cm³/mol. The van der Waals surface area contributed by atoms with Gasteiger partial charge in [0, 0.05) is 38.8 Å². The fraction of sp³-hybridized carbons (Fsp3) is 0.647. The van der Waals surface area contributed by atoms with E-state index in [0.717, 1.165) is 18.5 Å². The van der Waals surface area contributed by atoms with E-state index >= 15 is 0 Å². The molecule has 25 heavy (non-hydrogen) atoms. The summed E-state index contributed by atoms with van der Waals surface area (Å²) in [5.41, 5.74) is 0.962. The summed E-state index contributed by atoms with van der Waals surface area (Å²) >= 11 is 12.1. The first-order valence-electron chi connectivity index (χ1n) is 8.74. The van der Waals surface area contributed by atoms with E-state index < -0.39 is 0 Å². The van der Waals surface area contributed by atoms with Crippen molar-refractivity contribution in [2.24, 2.45) is 18.0 Å². The monoisotopic (exact) mass is 387 g/mol. The van der Waals surface area contributed by atoms with E-state index in [1.54, 1.807) is 7.05 Å². The van der Waals surface area contributed by atoms with Crippen LogP contribution in [0.3, 0.4) is 0 Å². The van der Waals surface area contributed by atoms with Gasteiger partial charge in [-0.05, 0) is 18.9 Å². The summed E-state index contributed by atoms with van der Waals surface area (Å²) in [6.07, 6.45) is 5.62. The average Bonchev–Trinajstić information content (AvgIpc) is 2.88. The first kappa shape index (κ1) is 19.9. The van der Waals surface area contributed by atoms with Crippen LogP contribution in [0.15, 0.2) is 11.1 Å². The second-order valence-corrected chi connectivity index (χ2v) is 7.08. The molecule has 0 saturated heterocycles. The van der Waals surface area contributed by atoms with Crippen LogP contribution in [0.25, 0.3) is 0 Å². The molecule has 0 radical (unpaired) electrons. The zero-order valence-corrected chi connectivity index (χ0v) is 16.4. The van der Waals surface area contributed by atoms with E-state index in [4.69, 9.17) is 23.2 Å². The minimum Gasteiger partial charge on any atom is -0.355 e. The summed E-state index contributed by atoms with van der Waals surface area (Å²) in [6, 6.07) is 1.83. The van der Waals surface area contributed by atoms with E-state index in [9.17, 15) is 4.79 Å². The van der Waals surface area contributed by atoms with Crippen LogP contribution < -0.4 is 16.0 Å². The highest BCUT2D eigenvalue weighted by Crippen LogP contribution is 2.25. The molecule has 1 saturated carbocycles. The number of nitrogens with zero attached hydrogens (tertiary/aromatic N) is 2. The summed E-state index contributed by atoms with van der Waals surface area (Å²) in [5, 5.41) is 10.5. The van der Waals surface area contributed by atoms with Gasteiger partial charge in [0.05, 0.1) is 11.6 Å². The zero-order chi connectivity index (χ0) is 18.2. The van der Waals surface area contributed by atoms with Crippen LogP contribution in [0, 0.1) is 5.92 Å². The third-order valence-electron chi connectivity index (χ3n) is 4.57. The molecule has 1 fully saturated rings. The van der Waals surface area contributed by atoms with Gasteiger partial charge in [-0.2, -0.15) is 0 Å². The zero-order valence-electron chi connectivity index (χ0n) is 14.9. The van der Waals surface area contributed by atoms with Gasteiger partial charge >= 0.3 is 0 Å². The predicted octanol–water partition coefficient (Wildman–Crippen LogP) is 2.69. The Bertz CT molecular complexity index is 608. The first-order valence-corrected chi connectivity index (χ1v) is 9.50. The van der Waals surface area contributed by atoms with Crippen molar-refractivity contribution in [3.63, 3.8) is 0 Å². The minimum absolute atomic E-state index is 0.178.